The summed E-state index contributed by atoms with van der Waals surface area (Å²) in [5.74, 6) is -0.631. The van der Waals surface area contributed by atoms with Crippen molar-refractivity contribution in [3.05, 3.63) is 80.1 Å². The minimum atomic E-state index is -0.613. The van der Waals surface area contributed by atoms with Crippen molar-refractivity contribution in [2.24, 2.45) is 0 Å². The second-order valence-corrected chi connectivity index (χ2v) is 8.32. The number of nitrogens with one attached hydrogen (secondary N) is 2. The van der Waals surface area contributed by atoms with Crippen molar-refractivity contribution >= 4 is 63.0 Å². The molecule has 0 atom stereocenters. The molecule has 0 aliphatic heterocycles. The normalized spacial score (nSPS) is 10.5. The van der Waals surface area contributed by atoms with Crippen LogP contribution in [-0.2, 0) is 10.5 Å². The Hall–Kier alpha value is -3.02. The number of nitro groups is 1. The van der Waals surface area contributed by atoms with Gasteiger partial charge in [0.15, 0.2) is 5.13 Å². The minimum Gasteiger partial charge on any atom is -0.325 e. The number of non-ortho nitro benzene ring substituents is 1. The topological polar surface area (TPSA) is 114 Å². The lowest BCUT2D eigenvalue weighted by molar-refractivity contribution is -0.384. The third-order valence-corrected chi connectivity index (χ3v) is 5.89. The Morgan fingerprint density at radius 2 is 1.94 bits per heavy atom. The Bertz CT molecular complexity index is 1120. The quantitative estimate of drug-likeness (QED) is 0.347. The van der Waals surface area contributed by atoms with Gasteiger partial charge in [0, 0.05) is 29.0 Å². The third-order valence-electron chi connectivity index (χ3n) is 3.79. The number of thiazole rings is 1. The number of hydrogen-bond donors (Lipinski definition) is 2. The maximum atomic E-state index is 12.9. The van der Waals surface area contributed by atoms with E-state index in [4.69, 9.17) is 11.6 Å². The Kier molecular flexibility index (Phi) is 7.55. The fourth-order valence-electron chi connectivity index (χ4n) is 2.37. The Morgan fingerprint density at radius 1 is 1.19 bits per heavy atom. The molecule has 8 nitrogen and oxygen atoms in total. The number of anilines is 2. The zero-order chi connectivity index (χ0) is 22.4. The van der Waals surface area contributed by atoms with E-state index in [1.807, 2.05) is 0 Å². The summed E-state index contributed by atoms with van der Waals surface area (Å²) in [7, 11) is 0. The number of thioether (sulfide) groups is 1. The first-order valence-electron chi connectivity index (χ1n) is 8.64. The molecule has 0 aliphatic rings. The smallest absolute Gasteiger partial charge is 0.270 e. The summed E-state index contributed by atoms with van der Waals surface area (Å²) >= 11 is 8.48. The van der Waals surface area contributed by atoms with E-state index in [0.29, 0.717) is 22.3 Å². The molecule has 0 aliphatic carbocycles. The van der Waals surface area contributed by atoms with E-state index in [1.54, 1.807) is 5.38 Å². The number of amides is 2. The van der Waals surface area contributed by atoms with Crippen molar-refractivity contribution in [1.29, 1.82) is 0 Å². The van der Waals surface area contributed by atoms with Crippen LogP contribution in [0.1, 0.15) is 16.1 Å². The van der Waals surface area contributed by atoms with Gasteiger partial charge in [-0.05, 0) is 30.3 Å². The summed E-state index contributed by atoms with van der Waals surface area (Å²) < 4.78 is 12.9. The first-order chi connectivity index (χ1) is 14.8. The van der Waals surface area contributed by atoms with Crippen LogP contribution in [0.2, 0.25) is 5.02 Å². The third kappa shape index (κ3) is 6.48. The number of carbonyl (C=O) groups excluding carboxylic acids is 2. The van der Waals surface area contributed by atoms with Gasteiger partial charge in [0.05, 0.1) is 27.0 Å². The second-order valence-electron chi connectivity index (χ2n) is 6.07. The van der Waals surface area contributed by atoms with Crippen LogP contribution < -0.4 is 10.6 Å². The van der Waals surface area contributed by atoms with Crippen molar-refractivity contribution in [1.82, 2.24) is 4.98 Å². The van der Waals surface area contributed by atoms with Crippen molar-refractivity contribution in [3.8, 4) is 0 Å². The molecular weight excluding hydrogens is 467 g/mol. The molecule has 12 heteroatoms. The molecule has 0 spiro atoms. The number of nitro benzene ring substituents is 1. The summed E-state index contributed by atoms with van der Waals surface area (Å²) in [6.07, 6.45) is 0. The molecule has 3 rings (SSSR count). The molecule has 3 aromatic rings. The number of benzene rings is 2. The molecule has 2 N–H and O–H groups in total. The van der Waals surface area contributed by atoms with Gasteiger partial charge < -0.3 is 5.32 Å². The van der Waals surface area contributed by atoms with E-state index >= 15 is 0 Å². The maximum Gasteiger partial charge on any atom is 0.270 e. The predicted octanol–water partition coefficient (Wildman–Crippen LogP) is 4.97. The van der Waals surface area contributed by atoms with Crippen molar-refractivity contribution in [2.45, 2.75) is 5.75 Å². The number of nitrogens with zero attached hydrogens (tertiary/aromatic N) is 2. The van der Waals surface area contributed by atoms with Crippen molar-refractivity contribution < 1.29 is 18.9 Å². The lowest BCUT2D eigenvalue weighted by Gasteiger charge is -2.05. The molecular formula is C19H14ClFN4O4S2. The molecule has 1 aromatic heterocycles. The summed E-state index contributed by atoms with van der Waals surface area (Å²) in [6.45, 7) is 0. The fraction of sp³-hybridized carbons (Fsp3) is 0.105. The SMILES string of the molecule is O=C(CSCc1csc(NC(=O)c2cc([N+](=O)[O-])ccc2Cl)n1)Nc1ccc(F)cc1. The van der Waals surface area contributed by atoms with Gasteiger partial charge >= 0.3 is 0 Å². The van der Waals surface area contributed by atoms with Gasteiger partial charge in [-0.3, -0.25) is 25.0 Å². The first-order valence-corrected chi connectivity index (χ1v) is 11.1. The highest BCUT2D eigenvalue weighted by molar-refractivity contribution is 7.99. The highest BCUT2D eigenvalue weighted by atomic mass is 35.5. The van der Waals surface area contributed by atoms with Crippen molar-refractivity contribution in [3.63, 3.8) is 0 Å². The van der Waals surface area contributed by atoms with Gasteiger partial charge in [-0.2, -0.15) is 0 Å². The Labute approximate surface area is 189 Å². The maximum absolute atomic E-state index is 12.9. The van der Waals surface area contributed by atoms with Crippen LogP contribution in [-0.4, -0.2) is 27.5 Å². The van der Waals surface area contributed by atoms with E-state index < -0.39 is 10.8 Å². The highest BCUT2D eigenvalue weighted by Gasteiger charge is 2.17. The highest BCUT2D eigenvalue weighted by Crippen LogP contribution is 2.25. The van der Waals surface area contributed by atoms with E-state index in [2.05, 4.69) is 15.6 Å². The lowest BCUT2D eigenvalue weighted by Crippen LogP contribution is -2.14. The van der Waals surface area contributed by atoms with Crippen LogP contribution >= 0.6 is 34.7 Å². The molecule has 1 heterocycles. The first kappa shape index (κ1) is 22.7. The van der Waals surface area contributed by atoms with Crippen LogP contribution in [0.5, 0.6) is 0 Å². The lowest BCUT2D eigenvalue weighted by atomic mass is 10.2. The predicted molar refractivity (Wildman–Crippen MR) is 119 cm³/mol. The van der Waals surface area contributed by atoms with Gasteiger partial charge in [-0.15, -0.1) is 23.1 Å². The number of halogens is 2. The van der Waals surface area contributed by atoms with Crippen LogP contribution in [0.3, 0.4) is 0 Å². The Balaban J connectivity index is 1.50. The molecule has 0 unspecified atom stereocenters. The molecule has 0 radical (unpaired) electrons. The summed E-state index contributed by atoms with van der Waals surface area (Å²) in [5.41, 5.74) is 0.889. The van der Waals surface area contributed by atoms with E-state index in [9.17, 15) is 24.1 Å². The van der Waals surface area contributed by atoms with Gasteiger partial charge in [-0.1, -0.05) is 11.6 Å². The molecule has 160 valence electrons. The van der Waals surface area contributed by atoms with Crippen LogP contribution in [0.25, 0.3) is 0 Å². The summed E-state index contributed by atoms with van der Waals surface area (Å²) in [4.78, 5) is 38.9. The van der Waals surface area contributed by atoms with Gasteiger partial charge in [0.2, 0.25) is 5.91 Å². The molecule has 0 fully saturated rings. The molecule has 0 bridgehead atoms. The molecule has 31 heavy (non-hydrogen) atoms. The molecule has 0 saturated heterocycles. The number of aromatic nitrogens is 1. The minimum absolute atomic E-state index is 0.0283. The molecule has 2 amide bonds. The Morgan fingerprint density at radius 3 is 2.65 bits per heavy atom. The average molecular weight is 481 g/mol. The van der Waals surface area contributed by atoms with Crippen LogP contribution in [0.15, 0.2) is 47.8 Å². The molecule has 0 saturated carbocycles. The number of hydrogen-bond acceptors (Lipinski definition) is 7. The van der Waals surface area contributed by atoms with Crippen LogP contribution in [0, 0.1) is 15.9 Å². The van der Waals surface area contributed by atoms with Crippen molar-refractivity contribution in [2.75, 3.05) is 16.4 Å². The fourth-order valence-corrected chi connectivity index (χ4v) is 4.11. The largest absolute Gasteiger partial charge is 0.325 e. The second kappa shape index (κ2) is 10.3. The van der Waals surface area contributed by atoms with Crippen LogP contribution in [0.4, 0.5) is 20.9 Å². The van der Waals surface area contributed by atoms with E-state index in [1.165, 1.54) is 59.5 Å². The molecule has 2 aromatic carbocycles. The standard InChI is InChI=1S/C19H14ClFN4O4S2/c20-16-6-5-14(25(28)29)7-15(16)18(27)24-19-23-13(9-31-19)8-30-10-17(26)22-12-3-1-11(21)2-4-12/h1-7,9H,8,10H2,(H,22,26)(H,23,24,27). The average Bonchev–Trinajstić information content (AvgIpc) is 3.17. The van der Waals surface area contributed by atoms with Gasteiger partial charge in [0.25, 0.3) is 11.6 Å². The number of rotatable bonds is 8. The van der Waals surface area contributed by atoms with E-state index in [0.717, 1.165) is 6.07 Å². The summed E-state index contributed by atoms with van der Waals surface area (Å²) in [6, 6.07) is 9.06. The van der Waals surface area contributed by atoms with Gasteiger partial charge in [0.1, 0.15) is 5.82 Å². The monoisotopic (exact) mass is 480 g/mol. The summed E-state index contributed by atoms with van der Waals surface area (Å²) in [5, 5.41) is 18.2. The van der Waals surface area contributed by atoms with E-state index in [-0.39, 0.29) is 33.8 Å². The van der Waals surface area contributed by atoms with Gasteiger partial charge in [-0.25, -0.2) is 9.37 Å². The zero-order valence-corrected chi connectivity index (χ0v) is 18.0. The number of carbonyl (C=O) groups is 2. The zero-order valence-electron chi connectivity index (χ0n) is 15.6.